The minimum atomic E-state index is 0.602. The summed E-state index contributed by atoms with van der Waals surface area (Å²) in [5.74, 6) is 1.45. The molecule has 1 aromatic carbocycles. The molecular weight excluding hydrogens is 246 g/mol. The van der Waals surface area contributed by atoms with Crippen LogP contribution in [0.5, 0.6) is 0 Å². The third-order valence-corrected chi connectivity index (χ3v) is 3.86. The summed E-state index contributed by atoms with van der Waals surface area (Å²) in [6.07, 6.45) is 8.27. The van der Waals surface area contributed by atoms with Crippen LogP contribution in [0.25, 0.3) is 21.9 Å². The van der Waals surface area contributed by atoms with Crippen LogP contribution in [0.15, 0.2) is 42.9 Å². The van der Waals surface area contributed by atoms with Gasteiger partial charge in [0.1, 0.15) is 5.82 Å². The molecule has 20 heavy (non-hydrogen) atoms. The topological polar surface area (TPSA) is 38.7 Å². The van der Waals surface area contributed by atoms with Gasteiger partial charge in [-0.3, -0.25) is 4.98 Å². The molecule has 4 rings (SSSR count). The highest BCUT2D eigenvalue weighted by Gasteiger charge is 2.28. The summed E-state index contributed by atoms with van der Waals surface area (Å²) in [5, 5.41) is 2.38. The van der Waals surface area contributed by atoms with E-state index in [0.717, 1.165) is 22.3 Å². The average Bonchev–Trinajstić information content (AvgIpc) is 3.31. The summed E-state index contributed by atoms with van der Waals surface area (Å²) < 4.78 is 0. The molecule has 0 unspecified atom stereocenters. The van der Waals surface area contributed by atoms with Gasteiger partial charge in [-0.05, 0) is 25.2 Å². The van der Waals surface area contributed by atoms with Gasteiger partial charge in [0.15, 0.2) is 0 Å². The highest BCUT2D eigenvalue weighted by molar-refractivity contribution is 5.96. The van der Waals surface area contributed by atoms with Gasteiger partial charge in [-0.15, -0.1) is 0 Å². The second-order valence-corrected chi connectivity index (χ2v) is 5.40. The van der Waals surface area contributed by atoms with Crippen LogP contribution in [0.1, 0.15) is 30.3 Å². The van der Waals surface area contributed by atoms with Gasteiger partial charge in [0.2, 0.25) is 0 Å². The minimum absolute atomic E-state index is 0.602. The maximum absolute atomic E-state index is 4.68. The molecule has 98 valence electrons. The van der Waals surface area contributed by atoms with E-state index in [-0.39, 0.29) is 0 Å². The van der Waals surface area contributed by atoms with Crippen molar-refractivity contribution in [1.82, 2.24) is 15.0 Å². The monoisotopic (exact) mass is 261 g/mol. The van der Waals surface area contributed by atoms with E-state index < -0.39 is 0 Å². The van der Waals surface area contributed by atoms with Gasteiger partial charge in [-0.25, -0.2) is 9.97 Å². The van der Waals surface area contributed by atoms with Crippen molar-refractivity contribution < 1.29 is 0 Å². The second-order valence-electron chi connectivity index (χ2n) is 5.40. The number of benzene rings is 1. The molecule has 3 heteroatoms. The zero-order valence-corrected chi connectivity index (χ0v) is 11.4. The van der Waals surface area contributed by atoms with E-state index in [9.17, 15) is 0 Å². The van der Waals surface area contributed by atoms with Crippen molar-refractivity contribution in [2.75, 3.05) is 0 Å². The van der Waals surface area contributed by atoms with Gasteiger partial charge in [-0.1, -0.05) is 24.3 Å². The molecule has 0 spiro atoms. The van der Waals surface area contributed by atoms with E-state index in [0.29, 0.717) is 5.92 Å². The van der Waals surface area contributed by atoms with Gasteiger partial charge >= 0.3 is 0 Å². The van der Waals surface area contributed by atoms with Crippen LogP contribution in [-0.2, 0) is 0 Å². The highest BCUT2D eigenvalue weighted by Crippen LogP contribution is 2.44. The summed E-state index contributed by atoms with van der Waals surface area (Å²) in [6.45, 7) is 1.96. The highest BCUT2D eigenvalue weighted by atomic mass is 14.9. The second kappa shape index (κ2) is 4.37. The number of aryl methyl sites for hydroxylation is 1. The van der Waals surface area contributed by atoms with Crippen LogP contribution in [0, 0.1) is 6.92 Å². The Morgan fingerprint density at radius 1 is 1.00 bits per heavy atom. The Morgan fingerprint density at radius 3 is 2.70 bits per heavy atom. The fourth-order valence-corrected chi connectivity index (χ4v) is 2.69. The number of aromatic nitrogens is 3. The standard InChI is InChI=1S/C17H15N3/c1-11-19-10-16(17(20-11)12-6-7-12)15-9-18-8-13-4-2-3-5-14(13)15/h2-5,8-10,12H,6-7H2,1H3. The third-order valence-electron chi connectivity index (χ3n) is 3.86. The Kier molecular flexibility index (Phi) is 2.52. The van der Waals surface area contributed by atoms with E-state index in [2.05, 4.69) is 33.2 Å². The molecular formula is C17H15N3. The van der Waals surface area contributed by atoms with Crippen molar-refractivity contribution in [3.8, 4) is 11.1 Å². The van der Waals surface area contributed by atoms with Crippen LogP contribution in [0.2, 0.25) is 0 Å². The van der Waals surface area contributed by atoms with Gasteiger partial charge < -0.3 is 0 Å². The summed E-state index contributed by atoms with van der Waals surface area (Å²) in [6, 6.07) is 8.35. The lowest BCUT2D eigenvalue weighted by Gasteiger charge is -2.10. The number of rotatable bonds is 2. The molecule has 2 heterocycles. The van der Waals surface area contributed by atoms with Crippen LogP contribution < -0.4 is 0 Å². The van der Waals surface area contributed by atoms with Crippen LogP contribution in [0.4, 0.5) is 0 Å². The molecule has 2 aromatic heterocycles. The van der Waals surface area contributed by atoms with Crippen LogP contribution in [0.3, 0.4) is 0 Å². The number of hydrogen-bond acceptors (Lipinski definition) is 3. The van der Waals surface area contributed by atoms with Crippen molar-refractivity contribution in [3.63, 3.8) is 0 Å². The zero-order valence-electron chi connectivity index (χ0n) is 11.4. The number of nitrogens with zero attached hydrogens (tertiary/aromatic N) is 3. The molecule has 1 aliphatic rings. The average molecular weight is 261 g/mol. The van der Waals surface area contributed by atoms with Crippen LogP contribution in [-0.4, -0.2) is 15.0 Å². The lowest BCUT2D eigenvalue weighted by molar-refractivity contribution is 0.945. The normalized spacial score (nSPS) is 14.7. The predicted molar refractivity (Wildman–Crippen MR) is 79.5 cm³/mol. The summed E-state index contributed by atoms with van der Waals surface area (Å²) in [4.78, 5) is 13.5. The van der Waals surface area contributed by atoms with Gasteiger partial charge in [0.25, 0.3) is 0 Å². The van der Waals surface area contributed by atoms with E-state index in [1.807, 2.05) is 31.6 Å². The van der Waals surface area contributed by atoms with Crippen LogP contribution >= 0.6 is 0 Å². The molecule has 1 saturated carbocycles. The fraction of sp³-hybridized carbons (Fsp3) is 0.235. The number of hydrogen-bond donors (Lipinski definition) is 0. The lowest BCUT2D eigenvalue weighted by Crippen LogP contribution is -1.98. The third kappa shape index (κ3) is 1.86. The first-order valence-electron chi connectivity index (χ1n) is 6.99. The SMILES string of the molecule is Cc1ncc(-c2cncc3ccccc23)c(C2CC2)n1. The quantitative estimate of drug-likeness (QED) is 0.702. The Hall–Kier alpha value is -2.29. The Labute approximate surface area is 117 Å². The molecule has 0 amide bonds. The molecule has 1 aliphatic carbocycles. The summed E-state index contributed by atoms with van der Waals surface area (Å²) in [5.41, 5.74) is 3.48. The maximum Gasteiger partial charge on any atom is 0.125 e. The largest absolute Gasteiger partial charge is 0.263 e. The van der Waals surface area contributed by atoms with E-state index in [4.69, 9.17) is 0 Å². The molecule has 0 N–H and O–H groups in total. The Bertz CT molecular complexity index is 786. The van der Waals surface area contributed by atoms with Crippen molar-refractivity contribution in [1.29, 1.82) is 0 Å². The van der Waals surface area contributed by atoms with Gasteiger partial charge in [0, 0.05) is 41.0 Å². The molecule has 0 atom stereocenters. The molecule has 3 aromatic rings. The summed E-state index contributed by atoms with van der Waals surface area (Å²) in [7, 11) is 0. The minimum Gasteiger partial charge on any atom is -0.263 e. The molecule has 3 nitrogen and oxygen atoms in total. The fourth-order valence-electron chi connectivity index (χ4n) is 2.69. The molecule has 0 aliphatic heterocycles. The van der Waals surface area contributed by atoms with Gasteiger partial charge in [0.05, 0.1) is 5.69 Å². The number of fused-ring (bicyclic) bond motifs is 1. The summed E-state index contributed by atoms with van der Waals surface area (Å²) >= 11 is 0. The zero-order chi connectivity index (χ0) is 13.5. The van der Waals surface area contributed by atoms with E-state index >= 15 is 0 Å². The molecule has 1 fully saturated rings. The van der Waals surface area contributed by atoms with Crippen molar-refractivity contribution in [2.45, 2.75) is 25.7 Å². The smallest absolute Gasteiger partial charge is 0.125 e. The Balaban J connectivity index is 2.00. The molecule has 0 radical (unpaired) electrons. The van der Waals surface area contributed by atoms with E-state index in [1.54, 1.807) is 0 Å². The first kappa shape index (κ1) is 11.5. The molecule has 0 saturated heterocycles. The lowest BCUT2D eigenvalue weighted by atomic mass is 9.99. The van der Waals surface area contributed by atoms with Crippen molar-refractivity contribution in [3.05, 3.63) is 54.4 Å². The van der Waals surface area contributed by atoms with Gasteiger partial charge in [-0.2, -0.15) is 0 Å². The van der Waals surface area contributed by atoms with Crippen molar-refractivity contribution in [2.24, 2.45) is 0 Å². The molecule has 0 bridgehead atoms. The Morgan fingerprint density at radius 2 is 1.85 bits per heavy atom. The first-order chi connectivity index (χ1) is 9.83. The maximum atomic E-state index is 4.68. The van der Waals surface area contributed by atoms with E-state index in [1.165, 1.54) is 23.9 Å². The predicted octanol–water partition coefficient (Wildman–Crippen LogP) is 3.88. The van der Waals surface area contributed by atoms with Crippen molar-refractivity contribution >= 4 is 10.8 Å². The first-order valence-corrected chi connectivity index (χ1v) is 6.99. The number of pyridine rings is 1.